The van der Waals surface area contributed by atoms with E-state index in [0.717, 1.165) is 12.1 Å². The molecule has 0 atom stereocenters. The molecule has 0 amide bonds. The summed E-state index contributed by atoms with van der Waals surface area (Å²) in [6, 6.07) is 13.6. The van der Waals surface area contributed by atoms with Crippen molar-refractivity contribution >= 4 is 11.4 Å². The third-order valence-corrected chi connectivity index (χ3v) is 3.04. The van der Waals surface area contributed by atoms with E-state index in [-0.39, 0.29) is 5.75 Å². The second-order valence-corrected chi connectivity index (χ2v) is 4.54. The number of hydrogen-bond acceptors (Lipinski definition) is 3. The van der Waals surface area contributed by atoms with Crippen molar-refractivity contribution in [1.82, 2.24) is 0 Å². The molecule has 0 bridgehead atoms. The number of anilines is 2. The van der Waals surface area contributed by atoms with Gasteiger partial charge in [-0.05, 0) is 36.2 Å². The molecule has 0 aromatic heterocycles. The van der Waals surface area contributed by atoms with Crippen LogP contribution < -0.4 is 10.6 Å². The fourth-order valence-electron chi connectivity index (χ4n) is 2.05. The largest absolute Gasteiger partial charge is 0.506 e. The minimum Gasteiger partial charge on any atom is -0.506 e. The number of nitrogens with zero attached hydrogens (tertiary/aromatic N) is 1. The number of nitrogen functional groups attached to an aromatic ring is 1. The number of benzene rings is 2. The highest BCUT2D eigenvalue weighted by atomic mass is 16.3. The van der Waals surface area contributed by atoms with Crippen LogP contribution in [0.5, 0.6) is 5.75 Å². The van der Waals surface area contributed by atoms with Gasteiger partial charge in [0.05, 0.1) is 5.69 Å². The Morgan fingerprint density at radius 2 is 1.89 bits per heavy atom. The Hall–Kier alpha value is -2.16. The lowest BCUT2D eigenvalue weighted by Gasteiger charge is -2.21. The zero-order valence-corrected chi connectivity index (χ0v) is 10.7. The molecule has 3 heteroatoms. The SMILES string of the molecule is Cc1ccccc1N(C)Cc1ccc(O)c(N)c1. The molecule has 0 unspecified atom stereocenters. The van der Waals surface area contributed by atoms with Gasteiger partial charge in [-0.3, -0.25) is 0 Å². The van der Waals surface area contributed by atoms with Crippen molar-refractivity contribution in [3.8, 4) is 5.75 Å². The highest BCUT2D eigenvalue weighted by Crippen LogP contribution is 2.24. The monoisotopic (exact) mass is 242 g/mol. The average molecular weight is 242 g/mol. The summed E-state index contributed by atoms with van der Waals surface area (Å²) in [6.07, 6.45) is 0. The molecule has 3 nitrogen and oxygen atoms in total. The molecule has 0 radical (unpaired) electrons. The van der Waals surface area contributed by atoms with E-state index in [1.165, 1.54) is 11.3 Å². The summed E-state index contributed by atoms with van der Waals surface area (Å²) in [6.45, 7) is 2.85. The van der Waals surface area contributed by atoms with Crippen LogP contribution in [0.4, 0.5) is 11.4 Å². The first kappa shape index (κ1) is 12.3. The van der Waals surface area contributed by atoms with Crippen molar-refractivity contribution in [2.24, 2.45) is 0 Å². The molecule has 0 aliphatic rings. The van der Waals surface area contributed by atoms with Gasteiger partial charge in [-0.2, -0.15) is 0 Å². The van der Waals surface area contributed by atoms with Gasteiger partial charge in [-0.25, -0.2) is 0 Å². The van der Waals surface area contributed by atoms with Gasteiger partial charge in [0.15, 0.2) is 0 Å². The van der Waals surface area contributed by atoms with Crippen molar-refractivity contribution in [3.05, 3.63) is 53.6 Å². The summed E-state index contributed by atoms with van der Waals surface area (Å²) in [7, 11) is 2.05. The molecule has 0 saturated carbocycles. The molecule has 0 saturated heterocycles. The van der Waals surface area contributed by atoms with Crippen molar-refractivity contribution in [3.63, 3.8) is 0 Å². The molecule has 2 aromatic carbocycles. The van der Waals surface area contributed by atoms with Crippen molar-refractivity contribution in [2.75, 3.05) is 17.7 Å². The van der Waals surface area contributed by atoms with Crippen molar-refractivity contribution < 1.29 is 5.11 Å². The third kappa shape index (κ3) is 2.56. The minimum absolute atomic E-state index is 0.136. The maximum atomic E-state index is 9.40. The molecular formula is C15H18N2O. The first-order valence-electron chi connectivity index (χ1n) is 5.92. The zero-order valence-electron chi connectivity index (χ0n) is 10.7. The van der Waals surface area contributed by atoms with Crippen LogP contribution in [0.25, 0.3) is 0 Å². The van der Waals surface area contributed by atoms with Gasteiger partial charge in [0.25, 0.3) is 0 Å². The van der Waals surface area contributed by atoms with E-state index in [1.54, 1.807) is 6.07 Å². The van der Waals surface area contributed by atoms with E-state index in [9.17, 15) is 5.11 Å². The van der Waals surface area contributed by atoms with Gasteiger partial charge in [0.2, 0.25) is 0 Å². The predicted octanol–water partition coefficient (Wildman–Crippen LogP) is 2.92. The van der Waals surface area contributed by atoms with E-state index in [4.69, 9.17) is 5.73 Å². The molecule has 2 aromatic rings. The Kier molecular flexibility index (Phi) is 3.42. The highest BCUT2D eigenvalue weighted by Gasteiger charge is 2.06. The third-order valence-electron chi connectivity index (χ3n) is 3.04. The Bertz CT molecular complexity index is 552. The maximum Gasteiger partial charge on any atom is 0.138 e. The summed E-state index contributed by atoms with van der Waals surface area (Å²) < 4.78 is 0. The molecule has 0 spiro atoms. The second-order valence-electron chi connectivity index (χ2n) is 4.54. The van der Waals surface area contributed by atoms with Crippen LogP contribution in [0.1, 0.15) is 11.1 Å². The van der Waals surface area contributed by atoms with Gasteiger partial charge in [0.1, 0.15) is 5.75 Å². The molecule has 94 valence electrons. The smallest absolute Gasteiger partial charge is 0.138 e. The van der Waals surface area contributed by atoms with Crippen LogP contribution in [0.2, 0.25) is 0 Å². The van der Waals surface area contributed by atoms with Crippen molar-refractivity contribution in [2.45, 2.75) is 13.5 Å². The summed E-state index contributed by atoms with van der Waals surface area (Å²) >= 11 is 0. The maximum absolute atomic E-state index is 9.40. The Morgan fingerprint density at radius 3 is 2.56 bits per heavy atom. The predicted molar refractivity (Wildman–Crippen MR) is 75.8 cm³/mol. The number of phenolic OH excluding ortho intramolecular Hbond substituents is 1. The molecule has 0 heterocycles. The summed E-state index contributed by atoms with van der Waals surface area (Å²) in [5.41, 5.74) is 9.64. The molecule has 18 heavy (non-hydrogen) atoms. The topological polar surface area (TPSA) is 49.5 Å². The van der Waals surface area contributed by atoms with E-state index in [1.807, 2.05) is 31.3 Å². The van der Waals surface area contributed by atoms with Gasteiger partial charge in [-0.1, -0.05) is 24.3 Å². The lowest BCUT2D eigenvalue weighted by Crippen LogP contribution is -2.17. The number of rotatable bonds is 3. The number of para-hydroxylation sites is 1. The summed E-state index contributed by atoms with van der Waals surface area (Å²) in [5.74, 6) is 0.136. The van der Waals surface area contributed by atoms with Crippen LogP contribution in [-0.4, -0.2) is 12.2 Å². The number of phenols is 1. The van der Waals surface area contributed by atoms with Gasteiger partial charge >= 0.3 is 0 Å². The van der Waals surface area contributed by atoms with Gasteiger partial charge in [0, 0.05) is 19.3 Å². The Labute approximate surface area is 107 Å². The number of aryl methyl sites for hydroxylation is 1. The van der Waals surface area contributed by atoms with Gasteiger partial charge in [-0.15, -0.1) is 0 Å². The zero-order chi connectivity index (χ0) is 13.1. The van der Waals surface area contributed by atoms with Crippen molar-refractivity contribution in [1.29, 1.82) is 0 Å². The summed E-state index contributed by atoms with van der Waals surface area (Å²) in [5, 5.41) is 9.40. The second kappa shape index (κ2) is 5.00. The van der Waals surface area contributed by atoms with Gasteiger partial charge < -0.3 is 15.7 Å². The number of aromatic hydroxyl groups is 1. The first-order chi connectivity index (χ1) is 8.58. The van der Waals surface area contributed by atoms with E-state index in [0.29, 0.717) is 5.69 Å². The lowest BCUT2D eigenvalue weighted by molar-refractivity contribution is 0.478. The van der Waals surface area contributed by atoms with Crippen LogP contribution in [0, 0.1) is 6.92 Å². The fraction of sp³-hybridized carbons (Fsp3) is 0.200. The minimum atomic E-state index is 0.136. The van der Waals surface area contributed by atoms with E-state index >= 15 is 0 Å². The molecule has 3 N–H and O–H groups in total. The fourth-order valence-corrected chi connectivity index (χ4v) is 2.05. The summed E-state index contributed by atoms with van der Waals surface area (Å²) in [4.78, 5) is 2.17. The van der Waals surface area contributed by atoms with Crippen LogP contribution >= 0.6 is 0 Å². The van der Waals surface area contributed by atoms with Crippen LogP contribution in [-0.2, 0) is 6.54 Å². The standard InChI is InChI=1S/C15H18N2O/c1-11-5-3-4-6-14(11)17(2)10-12-7-8-15(18)13(16)9-12/h3-9,18H,10,16H2,1-2H3. The Morgan fingerprint density at radius 1 is 1.17 bits per heavy atom. The molecule has 0 aliphatic heterocycles. The van der Waals surface area contributed by atoms with Crippen LogP contribution in [0.3, 0.4) is 0 Å². The molecule has 0 fully saturated rings. The number of nitrogens with two attached hydrogens (primary N) is 1. The first-order valence-corrected chi connectivity index (χ1v) is 5.92. The van der Waals surface area contributed by atoms with Crippen LogP contribution in [0.15, 0.2) is 42.5 Å². The lowest BCUT2D eigenvalue weighted by atomic mass is 10.1. The molecule has 2 rings (SSSR count). The average Bonchev–Trinajstić information content (AvgIpc) is 2.34. The molecular weight excluding hydrogens is 224 g/mol. The van der Waals surface area contributed by atoms with E-state index in [2.05, 4.69) is 24.0 Å². The normalized spacial score (nSPS) is 10.3. The highest BCUT2D eigenvalue weighted by molar-refractivity contribution is 5.56. The quantitative estimate of drug-likeness (QED) is 0.642. The number of hydrogen-bond donors (Lipinski definition) is 2. The van der Waals surface area contributed by atoms with E-state index < -0.39 is 0 Å². The molecule has 0 aliphatic carbocycles. The Balaban J connectivity index is 2.19.